The summed E-state index contributed by atoms with van der Waals surface area (Å²) in [5, 5.41) is 9.37. The number of hydrogen-bond donors (Lipinski definition) is 2. The third kappa shape index (κ3) is 3.90. The molecule has 0 aliphatic rings. The second-order valence-corrected chi connectivity index (χ2v) is 6.45. The molecular weight excluding hydrogens is 304 g/mol. The Hall–Kier alpha value is -2.33. The highest BCUT2D eigenvalue weighted by Gasteiger charge is 2.09. The van der Waals surface area contributed by atoms with Gasteiger partial charge >= 0.3 is 6.03 Å². The molecule has 2 aromatic carbocycles. The van der Waals surface area contributed by atoms with Gasteiger partial charge in [-0.25, -0.2) is 4.79 Å². The highest BCUT2D eigenvalue weighted by atomic mass is 32.1. The maximum atomic E-state index is 12.0. The van der Waals surface area contributed by atoms with Gasteiger partial charge in [-0.1, -0.05) is 48.5 Å². The van der Waals surface area contributed by atoms with Gasteiger partial charge in [0.25, 0.3) is 0 Å². The van der Waals surface area contributed by atoms with Gasteiger partial charge in [0.2, 0.25) is 0 Å². The Morgan fingerprint density at radius 2 is 1.83 bits per heavy atom. The molecule has 118 valence electrons. The molecule has 4 heteroatoms. The molecule has 1 unspecified atom stereocenters. The van der Waals surface area contributed by atoms with Crippen molar-refractivity contribution >= 4 is 27.5 Å². The van der Waals surface area contributed by atoms with Crippen LogP contribution in [0.2, 0.25) is 0 Å². The first-order valence-electron chi connectivity index (χ1n) is 7.78. The minimum absolute atomic E-state index is 0.00169. The van der Waals surface area contributed by atoms with Crippen molar-refractivity contribution < 1.29 is 4.79 Å². The molecule has 0 bridgehead atoms. The molecule has 0 aliphatic carbocycles. The van der Waals surface area contributed by atoms with E-state index >= 15 is 0 Å². The first-order chi connectivity index (χ1) is 11.2. The van der Waals surface area contributed by atoms with Crippen LogP contribution in [0.1, 0.15) is 24.1 Å². The Bertz CT molecular complexity index is 782. The number of fused-ring (bicyclic) bond motifs is 1. The lowest BCUT2D eigenvalue weighted by molar-refractivity contribution is 0.238. The van der Waals surface area contributed by atoms with Gasteiger partial charge in [-0.05, 0) is 41.3 Å². The van der Waals surface area contributed by atoms with E-state index in [1.165, 1.54) is 15.6 Å². The number of thiophene rings is 1. The normalized spacial score (nSPS) is 12.0. The van der Waals surface area contributed by atoms with Crippen LogP contribution in [-0.4, -0.2) is 12.6 Å². The van der Waals surface area contributed by atoms with Crippen molar-refractivity contribution in [3.8, 4) is 0 Å². The average Bonchev–Trinajstić information content (AvgIpc) is 2.99. The van der Waals surface area contributed by atoms with E-state index in [-0.39, 0.29) is 12.1 Å². The Kier molecular flexibility index (Phi) is 4.93. The highest BCUT2D eigenvalue weighted by molar-refractivity contribution is 7.17. The molecule has 0 radical (unpaired) electrons. The van der Waals surface area contributed by atoms with Gasteiger partial charge in [0.1, 0.15) is 0 Å². The summed E-state index contributed by atoms with van der Waals surface area (Å²) in [5.74, 6) is 0. The maximum Gasteiger partial charge on any atom is 0.315 e. The molecule has 2 N–H and O–H groups in total. The topological polar surface area (TPSA) is 41.1 Å². The average molecular weight is 324 g/mol. The van der Waals surface area contributed by atoms with Crippen LogP contribution in [0.25, 0.3) is 10.1 Å². The smallest absolute Gasteiger partial charge is 0.315 e. The molecule has 0 saturated carbocycles. The van der Waals surface area contributed by atoms with E-state index in [1.807, 2.05) is 37.3 Å². The third-order valence-corrected chi connectivity index (χ3v) is 4.90. The molecule has 3 aromatic rings. The molecule has 3 rings (SSSR count). The van der Waals surface area contributed by atoms with E-state index in [1.54, 1.807) is 11.3 Å². The minimum Gasteiger partial charge on any atom is -0.338 e. The van der Waals surface area contributed by atoms with Gasteiger partial charge in [0, 0.05) is 11.2 Å². The standard InChI is InChI=1S/C19H20N2OS/c1-14(15-7-3-2-4-8-15)21-19(22)20-12-11-16-13-23-18-10-6-5-9-17(16)18/h2-10,13-14H,11-12H2,1H3,(H2,20,21,22). The summed E-state index contributed by atoms with van der Waals surface area (Å²) in [7, 11) is 0. The van der Waals surface area contributed by atoms with Gasteiger partial charge in [-0.15, -0.1) is 11.3 Å². The lowest BCUT2D eigenvalue weighted by atomic mass is 10.1. The first kappa shape index (κ1) is 15.6. The monoisotopic (exact) mass is 324 g/mol. The Balaban J connectivity index is 1.50. The predicted molar refractivity (Wildman–Crippen MR) is 96.9 cm³/mol. The van der Waals surface area contributed by atoms with E-state index in [9.17, 15) is 4.79 Å². The summed E-state index contributed by atoms with van der Waals surface area (Å²) in [4.78, 5) is 12.0. The summed E-state index contributed by atoms with van der Waals surface area (Å²) in [6.45, 7) is 2.62. The van der Waals surface area contributed by atoms with Gasteiger partial charge in [-0.3, -0.25) is 0 Å². The minimum atomic E-state index is -0.124. The van der Waals surface area contributed by atoms with E-state index in [2.05, 4.69) is 40.3 Å². The van der Waals surface area contributed by atoms with Gasteiger partial charge in [0.05, 0.1) is 6.04 Å². The van der Waals surface area contributed by atoms with Crippen molar-refractivity contribution in [1.82, 2.24) is 10.6 Å². The molecular formula is C19H20N2OS. The molecule has 2 amide bonds. The Morgan fingerprint density at radius 3 is 2.65 bits per heavy atom. The van der Waals surface area contributed by atoms with Gasteiger partial charge in [-0.2, -0.15) is 0 Å². The molecule has 1 aromatic heterocycles. The van der Waals surface area contributed by atoms with Crippen LogP contribution in [0, 0.1) is 0 Å². The molecule has 0 fully saturated rings. The fraction of sp³-hybridized carbons (Fsp3) is 0.211. The number of nitrogens with one attached hydrogen (secondary N) is 2. The number of urea groups is 1. The molecule has 0 aliphatic heterocycles. The SMILES string of the molecule is CC(NC(=O)NCCc1csc2ccccc12)c1ccccc1. The Morgan fingerprint density at radius 1 is 1.09 bits per heavy atom. The number of amides is 2. The zero-order chi connectivity index (χ0) is 16.1. The van der Waals surface area contributed by atoms with E-state index in [4.69, 9.17) is 0 Å². The second kappa shape index (κ2) is 7.29. The fourth-order valence-electron chi connectivity index (χ4n) is 2.61. The van der Waals surface area contributed by atoms with Crippen molar-refractivity contribution in [2.75, 3.05) is 6.54 Å². The largest absolute Gasteiger partial charge is 0.338 e. The zero-order valence-electron chi connectivity index (χ0n) is 13.1. The number of carbonyl (C=O) groups excluding carboxylic acids is 1. The summed E-state index contributed by atoms with van der Waals surface area (Å²) < 4.78 is 1.30. The van der Waals surface area contributed by atoms with Gasteiger partial charge in [0.15, 0.2) is 0 Å². The van der Waals surface area contributed by atoms with Gasteiger partial charge < -0.3 is 10.6 Å². The number of hydrogen-bond acceptors (Lipinski definition) is 2. The first-order valence-corrected chi connectivity index (χ1v) is 8.66. The number of benzene rings is 2. The summed E-state index contributed by atoms with van der Waals surface area (Å²) in [6, 6.07) is 18.2. The molecule has 0 saturated heterocycles. The summed E-state index contributed by atoms with van der Waals surface area (Å²) in [5.41, 5.74) is 2.40. The van der Waals surface area contributed by atoms with Crippen LogP contribution in [-0.2, 0) is 6.42 Å². The molecule has 1 atom stereocenters. The molecule has 23 heavy (non-hydrogen) atoms. The highest BCUT2D eigenvalue weighted by Crippen LogP contribution is 2.25. The van der Waals surface area contributed by atoms with E-state index in [0.717, 1.165) is 12.0 Å². The molecule has 0 spiro atoms. The van der Waals surface area contributed by atoms with E-state index < -0.39 is 0 Å². The van der Waals surface area contributed by atoms with Crippen molar-refractivity contribution in [2.45, 2.75) is 19.4 Å². The van der Waals surface area contributed by atoms with E-state index in [0.29, 0.717) is 6.54 Å². The molecule has 1 heterocycles. The van der Waals surface area contributed by atoms with Crippen LogP contribution >= 0.6 is 11.3 Å². The molecule has 3 nitrogen and oxygen atoms in total. The van der Waals surface area contributed by atoms with Crippen molar-refractivity contribution in [3.05, 3.63) is 71.1 Å². The van der Waals surface area contributed by atoms with Crippen LogP contribution in [0.15, 0.2) is 60.0 Å². The second-order valence-electron chi connectivity index (χ2n) is 5.54. The predicted octanol–water partition coefficient (Wildman–Crippen LogP) is 4.50. The van der Waals surface area contributed by atoms with Crippen LogP contribution in [0.4, 0.5) is 4.79 Å². The quantitative estimate of drug-likeness (QED) is 0.712. The number of rotatable bonds is 5. The summed E-state index contributed by atoms with van der Waals surface area (Å²) >= 11 is 1.75. The van der Waals surface area contributed by atoms with Crippen molar-refractivity contribution in [2.24, 2.45) is 0 Å². The van der Waals surface area contributed by atoms with Crippen molar-refractivity contribution in [3.63, 3.8) is 0 Å². The van der Waals surface area contributed by atoms with Crippen molar-refractivity contribution in [1.29, 1.82) is 0 Å². The van der Waals surface area contributed by atoms with Crippen LogP contribution < -0.4 is 10.6 Å². The Labute approximate surface area is 140 Å². The third-order valence-electron chi connectivity index (χ3n) is 3.89. The van der Waals surface area contributed by atoms with Crippen LogP contribution in [0.5, 0.6) is 0 Å². The lowest BCUT2D eigenvalue weighted by Crippen LogP contribution is -2.38. The summed E-state index contributed by atoms with van der Waals surface area (Å²) in [6.07, 6.45) is 0.844. The lowest BCUT2D eigenvalue weighted by Gasteiger charge is -2.15. The maximum absolute atomic E-state index is 12.0. The van der Waals surface area contributed by atoms with Crippen LogP contribution in [0.3, 0.4) is 0 Å². The fourth-order valence-corrected chi connectivity index (χ4v) is 3.61. The number of carbonyl (C=O) groups is 1. The zero-order valence-corrected chi connectivity index (χ0v) is 13.9.